The van der Waals surface area contributed by atoms with E-state index in [0.717, 1.165) is 18.3 Å². The summed E-state index contributed by atoms with van der Waals surface area (Å²) in [5.41, 5.74) is 0.283. The highest BCUT2D eigenvalue weighted by molar-refractivity contribution is 7.92. The van der Waals surface area contributed by atoms with Gasteiger partial charge < -0.3 is 4.74 Å². The van der Waals surface area contributed by atoms with Gasteiger partial charge in [-0.25, -0.2) is 17.8 Å². The Bertz CT molecular complexity index is 1270. The van der Waals surface area contributed by atoms with Crippen LogP contribution in [0.1, 0.15) is 11.1 Å². The van der Waals surface area contributed by atoms with Crippen LogP contribution in [0.2, 0.25) is 5.02 Å². The first-order valence-corrected chi connectivity index (χ1v) is 9.74. The average molecular weight is 429 g/mol. The molecule has 0 amide bonds. The topological polar surface area (TPSA) is 116 Å². The van der Waals surface area contributed by atoms with Crippen molar-refractivity contribution < 1.29 is 17.5 Å². The molecule has 0 fully saturated rings. The second-order valence-corrected chi connectivity index (χ2v) is 7.69. The third-order valence-electron chi connectivity index (χ3n) is 3.63. The van der Waals surface area contributed by atoms with Crippen molar-refractivity contribution in [2.75, 3.05) is 4.72 Å². The molecule has 1 aromatic heterocycles. The summed E-state index contributed by atoms with van der Waals surface area (Å²) in [7, 11) is -4.07. The van der Waals surface area contributed by atoms with Gasteiger partial charge in [-0.05, 0) is 48.5 Å². The highest BCUT2D eigenvalue weighted by atomic mass is 35.5. The molecular formula is C19H10ClFN4O3S. The van der Waals surface area contributed by atoms with E-state index < -0.39 is 15.8 Å². The first-order valence-electron chi connectivity index (χ1n) is 7.88. The molecule has 0 aliphatic heterocycles. The predicted octanol–water partition coefficient (Wildman–Crippen LogP) is 4.21. The smallest absolute Gasteiger partial charge is 0.263 e. The number of nitrogens with zero attached hydrogens (tertiary/aromatic N) is 3. The maximum Gasteiger partial charge on any atom is 0.263 e. The van der Waals surface area contributed by atoms with Crippen molar-refractivity contribution in [2.45, 2.75) is 4.90 Å². The van der Waals surface area contributed by atoms with E-state index in [0.29, 0.717) is 5.56 Å². The van der Waals surface area contributed by atoms with Crippen LogP contribution in [0.5, 0.6) is 11.5 Å². The summed E-state index contributed by atoms with van der Waals surface area (Å²) in [6.07, 6.45) is 0.872. The third kappa shape index (κ3) is 4.61. The molecule has 2 aromatic carbocycles. The average Bonchev–Trinajstić information content (AvgIpc) is 2.71. The Hall–Kier alpha value is -3.66. The SMILES string of the molecule is N#Cc1ccc(Oc2ccc(S(=O)(=O)Nc3ccc(F)cn3)cc2C#N)c(Cl)c1. The Balaban J connectivity index is 1.89. The first-order chi connectivity index (χ1) is 13.8. The van der Waals surface area contributed by atoms with Crippen LogP contribution in [0.3, 0.4) is 0 Å². The summed E-state index contributed by atoms with van der Waals surface area (Å²) < 4.78 is 45.7. The second-order valence-electron chi connectivity index (χ2n) is 5.60. The summed E-state index contributed by atoms with van der Waals surface area (Å²) in [6, 6.07) is 14.1. The van der Waals surface area contributed by atoms with Crippen LogP contribution in [-0.4, -0.2) is 13.4 Å². The van der Waals surface area contributed by atoms with Crippen molar-refractivity contribution in [1.29, 1.82) is 10.5 Å². The number of nitriles is 2. The fourth-order valence-electron chi connectivity index (χ4n) is 2.26. The van der Waals surface area contributed by atoms with E-state index in [1.165, 1.54) is 36.4 Å². The number of nitrogens with one attached hydrogen (secondary N) is 1. The Morgan fingerprint density at radius 3 is 2.41 bits per heavy atom. The fourth-order valence-corrected chi connectivity index (χ4v) is 3.51. The molecule has 3 aromatic rings. The molecule has 0 radical (unpaired) electrons. The van der Waals surface area contributed by atoms with Crippen molar-refractivity contribution >= 4 is 27.4 Å². The molecular weight excluding hydrogens is 419 g/mol. The number of aromatic nitrogens is 1. The Morgan fingerprint density at radius 2 is 1.79 bits per heavy atom. The number of ether oxygens (including phenoxy) is 1. The van der Waals surface area contributed by atoms with Crippen LogP contribution in [0.4, 0.5) is 10.2 Å². The van der Waals surface area contributed by atoms with Gasteiger partial charge in [0.1, 0.15) is 29.2 Å². The molecule has 0 saturated carbocycles. The molecule has 0 aliphatic carbocycles. The minimum Gasteiger partial charge on any atom is -0.454 e. The van der Waals surface area contributed by atoms with Gasteiger partial charge in [0.25, 0.3) is 10.0 Å². The summed E-state index contributed by atoms with van der Waals surface area (Å²) in [6.45, 7) is 0. The minimum atomic E-state index is -4.07. The van der Waals surface area contributed by atoms with Gasteiger partial charge in [-0.1, -0.05) is 11.6 Å². The van der Waals surface area contributed by atoms with E-state index >= 15 is 0 Å². The van der Waals surface area contributed by atoms with Gasteiger partial charge in [0.15, 0.2) is 0 Å². The molecule has 10 heteroatoms. The number of sulfonamides is 1. The lowest BCUT2D eigenvalue weighted by Gasteiger charge is -2.11. The van der Waals surface area contributed by atoms with Crippen LogP contribution >= 0.6 is 11.6 Å². The van der Waals surface area contributed by atoms with Gasteiger partial charge >= 0.3 is 0 Å². The normalized spacial score (nSPS) is 10.6. The largest absolute Gasteiger partial charge is 0.454 e. The molecule has 0 spiro atoms. The van der Waals surface area contributed by atoms with Gasteiger partial charge in [-0.3, -0.25) is 4.72 Å². The van der Waals surface area contributed by atoms with Crippen molar-refractivity contribution in [1.82, 2.24) is 4.98 Å². The van der Waals surface area contributed by atoms with E-state index in [-0.39, 0.29) is 32.8 Å². The van der Waals surface area contributed by atoms with E-state index in [9.17, 15) is 18.1 Å². The standard InChI is InChI=1S/C19H10ClFN4O3S/c20-16-7-12(9-22)1-4-18(16)28-17-5-3-15(8-13(17)10-23)29(26,27)25-19-6-2-14(21)11-24-19/h1-8,11H,(H,24,25). The molecule has 0 saturated heterocycles. The summed E-state index contributed by atoms with van der Waals surface area (Å²) >= 11 is 6.06. The zero-order valence-corrected chi connectivity index (χ0v) is 16.0. The first kappa shape index (κ1) is 20.1. The monoisotopic (exact) mass is 428 g/mol. The van der Waals surface area contributed by atoms with Crippen LogP contribution in [0, 0.1) is 28.5 Å². The Morgan fingerprint density at radius 1 is 1.03 bits per heavy atom. The maximum atomic E-state index is 12.9. The number of benzene rings is 2. The summed E-state index contributed by atoms with van der Waals surface area (Å²) in [4.78, 5) is 3.43. The van der Waals surface area contributed by atoms with Crippen molar-refractivity contribution in [3.05, 3.63) is 76.7 Å². The molecule has 0 aliphatic rings. The molecule has 0 bridgehead atoms. The van der Waals surface area contributed by atoms with E-state index in [4.69, 9.17) is 21.6 Å². The third-order valence-corrected chi connectivity index (χ3v) is 5.28. The summed E-state index contributed by atoms with van der Waals surface area (Å²) in [5, 5.41) is 18.4. The zero-order chi connectivity index (χ0) is 21.0. The second kappa shape index (κ2) is 8.15. The molecule has 1 heterocycles. The molecule has 0 atom stereocenters. The van der Waals surface area contributed by atoms with Crippen molar-refractivity contribution in [3.63, 3.8) is 0 Å². The lowest BCUT2D eigenvalue weighted by atomic mass is 10.2. The lowest BCUT2D eigenvalue weighted by Crippen LogP contribution is -2.14. The summed E-state index contributed by atoms with van der Waals surface area (Å²) in [5.74, 6) is -0.401. The van der Waals surface area contributed by atoms with E-state index in [1.54, 1.807) is 0 Å². The number of rotatable bonds is 5. The van der Waals surface area contributed by atoms with E-state index in [2.05, 4.69) is 9.71 Å². The zero-order valence-electron chi connectivity index (χ0n) is 14.4. The van der Waals surface area contributed by atoms with Crippen LogP contribution in [-0.2, 0) is 10.0 Å². The van der Waals surface area contributed by atoms with Gasteiger partial charge in [-0.2, -0.15) is 10.5 Å². The molecule has 3 rings (SSSR count). The Labute approximate surface area is 170 Å². The van der Waals surface area contributed by atoms with E-state index in [1.807, 2.05) is 12.1 Å². The van der Waals surface area contributed by atoms with Crippen molar-refractivity contribution in [2.24, 2.45) is 0 Å². The highest BCUT2D eigenvalue weighted by Crippen LogP contribution is 2.33. The number of pyridine rings is 1. The van der Waals surface area contributed by atoms with Crippen LogP contribution in [0.25, 0.3) is 0 Å². The molecule has 7 nitrogen and oxygen atoms in total. The molecule has 0 unspecified atom stereocenters. The number of halogens is 2. The van der Waals surface area contributed by atoms with Crippen LogP contribution < -0.4 is 9.46 Å². The molecule has 29 heavy (non-hydrogen) atoms. The number of hydrogen-bond acceptors (Lipinski definition) is 6. The molecule has 1 N–H and O–H groups in total. The maximum absolute atomic E-state index is 12.9. The number of anilines is 1. The van der Waals surface area contributed by atoms with Gasteiger partial charge in [-0.15, -0.1) is 0 Å². The lowest BCUT2D eigenvalue weighted by molar-refractivity contribution is 0.480. The quantitative estimate of drug-likeness (QED) is 0.650. The van der Waals surface area contributed by atoms with Gasteiger partial charge in [0.2, 0.25) is 0 Å². The fraction of sp³-hybridized carbons (Fsp3) is 0. The van der Waals surface area contributed by atoms with Gasteiger partial charge in [0.05, 0.1) is 33.3 Å². The molecule has 144 valence electrons. The predicted molar refractivity (Wildman–Crippen MR) is 102 cm³/mol. The minimum absolute atomic E-state index is 0.0552. The van der Waals surface area contributed by atoms with Crippen LogP contribution in [0.15, 0.2) is 59.6 Å². The van der Waals surface area contributed by atoms with Crippen molar-refractivity contribution in [3.8, 4) is 23.6 Å². The van der Waals surface area contributed by atoms with Gasteiger partial charge in [0, 0.05) is 0 Å². The highest BCUT2D eigenvalue weighted by Gasteiger charge is 2.18. The number of hydrogen-bond donors (Lipinski definition) is 1. The Kier molecular flexibility index (Phi) is 5.64.